The molecule has 0 aromatic carbocycles. The average molecular weight is 505 g/mol. The molecule has 6 nitrogen and oxygen atoms in total. The summed E-state index contributed by atoms with van der Waals surface area (Å²) in [4.78, 5) is 17.0. The minimum absolute atomic E-state index is 0.0134. The lowest BCUT2D eigenvalue weighted by atomic mass is 9.92. The number of halogens is 2. The quantitative estimate of drug-likeness (QED) is 0.501. The molecule has 3 aliphatic heterocycles. The molecule has 4 heterocycles. The van der Waals surface area contributed by atoms with E-state index in [9.17, 15) is 8.78 Å². The molecule has 5 rings (SSSR count). The molecule has 4 aliphatic rings. The smallest absolute Gasteiger partial charge is 0.250 e. The molecule has 1 saturated carbocycles. The molecular weight excluding hydrogens is 458 g/mol. The third kappa shape index (κ3) is 6.85. The van der Waals surface area contributed by atoms with Crippen molar-refractivity contribution in [3.63, 3.8) is 0 Å². The van der Waals surface area contributed by atoms with Crippen molar-refractivity contribution in [1.82, 2.24) is 19.8 Å². The molecule has 2 atom stereocenters. The summed E-state index contributed by atoms with van der Waals surface area (Å²) in [6.07, 6.45) is 17.0. The van der Waals surface area contributed by atoms with Gasteiger partial charge in [0.05, 0.1) is 0 Å². The van der Waals surface area contributed by atoms with Crippen molar-refractivity contribution in [2.24, 2.45) is 0 Å². The highest BCUT2D eigenvalue weighted by Crippen LogP contribution is 2.33. The molecule has 0 radical (unpaired) electrons. The fourth-order valence-electron chi connectivity index (χ4n) is 6.97. The highest BCUT2D eigenvalue weighted by molar-refractivity contribution is 5.43. The summed E-state index contributed by atoms with van der Waals surface area (Å²) in [5.41, 5.74) is 0. The third-order valence-electron chi connectivity index (χ3n) is 9.08. The van der Waals surface area contributed by atoms with Gasteiger partial charge < -0.3 is 15.1 Å². The molecule has 36 heavy (non-hydrogen) atoms. The van der Waals surface area contributed by atoms with Gasteiger partial charge in [-0.3, -0.25) is 4.90 Å². The number of hydrogen-bond donors (Lipinski definition) is 1. The topological polar surface area (TPSA) is 47.5 Å². The number of nitrogens with zero attached hydrogens (tertiary/aromatic N) is 5. The Balaban J connectivity index is 1.22. The Kier molecular flexibility index (Phi) is 8.94. The van der Waals surface area contributed by atoms with Crippen LogP contribution >= 0.6 is 0 Å². The van der Waals surface area contributed by atoms with Crippen LogP contribution in [0.3, 0.4) is 0 Å². The largest absolute Gasteiger partial charge is 0.356 e. The molecule has 1 aliphatic carbocycles. The molecular formula is C28H46F2N6. The second kappa shape index (κ2) is 12.3. The fourth-order valence-corrected chi connectivity index (χ4v) is 6.97. The van der Waals surface area contributed by atoms with Crippen LogP contribution in [0.5, 0.6) is 0 Å². The fraction of sp³-hybridized carbons (Fsp3) is 0.857. The summed E-state index contributed by atoms with van der Waals surface area (Å²) in [7, 11) is 0. The van der Waals surface area contributed by atoms with Crippen molar-refractivity contribution < 1.29 is 8.78 Å². The van der Waals surface area contributed by atoms with E-state index in [0.29, 0.717) is 31.2 Å². The lowest BCUT2D eigenvalue weighted by Crippen LogP contribution is -2.46. The number of nitrogens with one attached hydrogen (secondary N) is 1. The zero-order valence-corrected chi connectivity index (χ0v) is 22.0. The molecule has 8 heteroatoms. The first-order valence-corrected chi connectivity index (χ1v) is 14.8. The van der Waals surface area contributed by atoms with Gasteiger partial charge in [0.1, 0.15) is 5.82 Å². The van der Waals surface area contributed by atoms with Crippen LogP contribution in [-0.2, 0) is 0 Å². The first-order valence-electron chi connectivity index (χ1n) is 14.8. The van der Waals surface area contributed by atoms with Crippen molar-refractivity contribution in [3.8, 4) is 0 Å². The monoisotopic (exact) mass is 504 g/mol. The van der Waals surface area contributed by atoms with Gasteiger partial charge in [0, 0.05) is 69.9 Å². The van der Waals surface area contributed by atoms with Crippen LogP contribution in [0.15, 0.2) is 12.3 Å². The highest BCUT2D eigenvalue weighted by Gasteiger charge is 2.39. The number of anilines is 2. The van der Waals surface area contributed by atoms with Crippen LogP contribution in [0.25, 0.3) is 0 Å². The van der Waals surface area contributed by atoms with Gasteiger partial charge in [-0.25, -0.2) is 13.8 Å². The van der Waals surface area contributed by atoms with E-state index in [-0.39, 0.29) is 12.8 Å². The van der Waals surface area contributed by atoms with E-state index >= 15 is 0 Å². The lowest BCUT2D eigenvalue weighted by molar-refractivity contribution is -0.0554. The van der Waals surface area contributed by atoms with Gasteiger partial charge in [-0.1, -0.05) is 32.1 Å². The number of alkyl halides is 2. The number of aromatic nitrogens is 2. The maximum absolute atomic E-state index is 13.6. The Morgan fingerprint density at radius 2 is 1.61 bits per heavy atom. The van der Waals surface area contributed by atoms with Crippen LogP contribution in [0, 0.1) is 0 Å². The van der Waals surface area contributed by atoms with Crippen molar-refractivity contribution in [2.75, 3.05) is 49.5 Å². The summed E-state index contributed by atoms with van der Waals surface area (Å²) >= 11 is 0. The zero-order valence-electron chi connectivity index (χ0n) is 22.0. The molecule has 1 aromatic rings. The van der Waals surface area contributed by atoms with Crippen LogP contribution in [-0.4, -0.2) is 83.1 Å². The van der Waals surface area contributed by atoms with Gasteiger partial charge in [-0.2, -0.15) is 4.98 Å². The maximum atomic E-state index is 13.6. The first kappa shape index (κ1) is 26.1. The van der Waals surface area contributed by atoms with Crippen LogP contribution in [0.4, 0.5) is 20.5 Å². The first-order chi connectivity index (χ1) is 17.6. The number of piperidine rings is 1. The Labute approximate surface area is 216 Å². The Morgan fingerprint density at radius 3 is 2.36 bits per heavy atom. The Bertz CT molecular complexity index is 799. The van der Waals surface area contributed by atoms with E-state index in [4.69, 9.17) is 4.98 Å². The Hall–Kier alpha value is -1.54. The van der Waals surface area contributed by atoms with Gasteiger partial charge >= 0.3 is 0 Å². The zero-order chi connectivity index (χ0) is 24.8. The molecule has 3 saturated heterocycles. The van der Waals surface area contributed by atoms with E-state index in [1.165, 1.54) is 57.8 Å². The second-order valence-electron chi connectivity index (χ2n) is 11.6. The standard InChI is InChI=1S/C28H46F2N6/c29-28(30)14-21-34(22-15-28)17-8-11-25-24(13-20-36(25)23-9-4-3-5-10-23)32-27-31-16-12-26(33-27)35-18-6-1-2-7-19-35/h12,16,23-25H,1-11,13-15,17-22H2,(H,31,32,33)/t24-,25+/m0/s1. The van der Waals surface area contributed by atoms with E-state index in [0.717, 1.165) is 57.2 Å². The van der Waals surface area contributed by atoms with Crippen LogP contribution in [0.1, 0.15) is 89.9 Å². The van der Waals surface area contributed by atoms with Crippen molar-refractivity contribution in [1.29, 1.82) is 0 Å². The second-order valence-corrected chi connectivity index (χ2v) is 11.6. The molecule has 0 unspecified atom stereocenters. The molecule has 4 fully saturated rings. The third-order valence-corrected chi connectivity index (χ3v) is 9.08. The molecule has 0 bridgehead atoms. The van der Waals surface area contributed by atoms with Crippen molar-refractivity contribution in [3.05, 3.63) is 12.3 Å². The summed E-state index contributed by atoms with van der Waals surface area (Å²) < 4.78 is 27.1. The predicted octanol–water partition coefficient (Wildman–Crippen LogP) is 5.56. The number of hydrogen-bond acceptors (Lipinski definition) is 6. The summed E-state index contributed by atoms with van der Waals surface area (Å²) in [6, 6.07) is 3.55. The van der Waals surface area contributed by atoms with Gasteiger partial charge in [0.15, 0.2) is 0 Å². The van der Waals surface area contributed by atoms with Gasteiger partial charge in [0.2, 0.25) is 5.95 Å². The minimum Gasteiger partial charge on any atom is -0.356 e. The molecule has 0 amide bonds. The average Bonchev–Trinajstić information content (AvgIpc) is 3.09. The number of rotatable bonds is 8. The lowest BCUT2D eigenvalue weighted by Gasteiger charge is -2.38. The normalized spacial score (nSPS) is 28.8. The van der Waals surface area contributed by atoms with Crippen LogP contribution < -0.4 is 10.2 Å². The summed E-state index contributed by atoms with van der Waals surface area (Å²) in [5.74, 6) is -0.651. The van der Waals surface area contributed by atoms with Crippen molar-refractivity contribution >= 4 is 11.8 Å². The highest BCUT2D eigenvalue weighted by atomic mass is 19.3. The molecule has 1 aromatic heterocycles. The van der Waals surface area contributed by atoms with E-state index in [2.05, 4.69) is 31.1 Å². The van der Waals surface area contributed by atoms with E-state index < -0.39 is 5.92 Å². The van der Waals surface area contributed by atoms with E-state index in [1.54, 1.807) is 0 Å². The Morgan fingerprint density at radius 1 is 0.889 bits per heavy atom. The van der Waals surface area contributed by atoms with E-state index in [1.807, 2.05) is 6.20 Å². The SMILES string of the molecule is FC1(F)CCN(CCC[C@@H]2[C@@H](Nc3nccc(N4CCCCCC4)n3)CCN2C2CCCCC2)CC1. The predicted molar refractivity (Wildman–Crippen MR) is 142 cm³/mol. The van der Waals surface area contributed by atoms with Crippen LogP contribution in [0.2, 0.25) is 0 Å². The summed E-state index contributed by atoms with van der Waals surface area (Å²) in [6.45, 7) is 5.29. The molecule has 0 spiro atoms. The van der Waals surface area contributed by atoms with Gasteiger partial charge in [-0.15, -0.1) is 0 Å². The van der Waals surface area contributed by atoms with Gasteiger partial charge in [0.25, 0.3) is 5.92 Å². The molecule has 1 N–H and O–H groups in total. The van der Waals surface area contributed by atoms with Gasteiger partial charge in [-0.05, 0) is 57.6 Å². The van der Waals surface area contributed by atoms with Crippen molar-refractivity contribution in [2.45, 2.75) is 114 Å². The molecule has 202 valence electrons. The minimum atomic E-state index is -2.46. The number of likely N-dealkylation sites (tertiary alicyclic amines) is 2. The summed E-state index contributed by atoms with van der Waals surface area (Å²) in [5, 5.41) is 3.75. The maximum Gasteiger partial charge on any atom is 0.250 e.